The third-order valence-electron chi connectivity index (χ3n) is 5.33. The van der Waals surface area contributed by atoms with E-state index in [1.165, 1.54) is 62.2 Å². The highest BCUT2D eigenvalue weighted by molar-refractivity contribution is 7.27. The average molecular weight is 369 g/mol. The number of thiophene rings is 2. The summed E-state index contributed by atoms with van der Waals surface area (Å²) >= 11 is 3.83. The number of fused-ring (bicyclic) bond motifs is 7. The molecular weight excluding hydrogens is 352 g/mol. The van der Waals surface area contributed by atoms with Gasteiger partial charge in [-0.25, -0.2) is 0 Å². The zero-order valence-electron chi connectivity index (χ0n) is 14.6. The van der Waals surface area contributed by atoms with E-state index in [1.807, 2.05) is 22.7 Å². The molecule has 0 saturated carbocycles. The second kappa shape index (κ2) is 5.06. The number of benzene rings is 4. The van der Waals surface area contributed by atoms with Crippen molar-refractivity contribution in [3.05, 3.63) is 71.8 Å². The molecule has 4 aromatic carbocycles. The Morgan fingerprint density at radius 3 is 1.85 bits per heavy atom. The highest BCUT2D eigenvalue weighted by atomic mass is 32.1. The Morgan fingerprint density at radius 2 is 1.04 bits per heavy atom. The number of hydrogen-bond donors (Lipinski definition) is 0. The van der Waals surface area contributed by atoms with Gasteiger partial charge in [0.1, 0.15) is 0 Å². The average Bonchev–Trinajstić information content (AvgIpc) is 3.14. The van der Waals surface area contributed by atoms with Crippen LogP contribution in [0.25, 0.3) is 51.1 Å². The molecule has 124 valence electrons. The molecule has 0 N–H and O–H groups in total. The van der Waals surface area contributed by atoms with Gasteiger partial charge in [0.15, 0.2) is 0 Å². The van der Waals surface area contributed by atoms with E-state index in [1.54, 1.807) is 0 Å². The Morgan fingerprint density at radius 1 is 0.462 bits per heavy atom. The lowest BCUT2D eigenvalue weighted by Crippen LogP contribution is -1.75. The van der Waals surface area contributed by atoms with Crippen LogP contribution in [0.4, 0.5) is 0 Å². The molecule has 6 aromatic rings. The minimum absolute atomic E-state index is 1.32. The molecule has 0 aliphatic rings. The quantitative estimate of drug-likeness (QED) is 0.253. The Bertz CT molecular complexity index is 1490. The van der Waals surface area contributed by atoms with Crippen molar-refractivity contribution in [1.29, 1.82) is 0 Å². The molecule has 0 saturated heterocycles. The zero-order valence-corrected chi connectivity index (χ0v) is 16.2. The highest BCUT2D eigenvalue weighted by Gasteiger charge is 2.11. The van der Waals surface area contributed by atoms with Crippen LogP contribution in [0.15, 0.2) is 60.7 Å². The fourth-order valence-electron chi connectivity index (χ4n) is 4.01. The lowest BCUT2D eigenvalue weighted by atomic mass is 10.0. The monoisotopic (exact) mass is 368 g/mol. The molecule has 0 spiro atoms. The van der Waals surface area contributed by atoms with Crippen molar-refractivity contribution in [1.82, 2.24) is 0 Å². The molecule has 26 heavy (non-hydrogen) atoms. The van der Waals surface area contributed by atoms with Crippen molar-refractivity contribution in [3.8, 4) is 0 Å². The summed E-state index contributed by atoms with van der Waals surface area (Å²) in [6, 6.07) is 23.1. The molecule has 0 atom stereocenters. The van der Waals surface area contributed by atoms with Gasteiger partial charge in [0.05, 0.1) is 0 Å². The van der Waals surface area contributed by atoms with Crippen LogP contribution in [0.1, 0.15) is 11.1 Å². The van der Waals surface area contributed by atoms with Crippen molar-refractivity contribution in [3.63, 3.8) is 0 Å². The van der Waals surface area contributed by atoms with Crippen molar-refractivity contribution < 1.29 is 0 Å². The maximum Gasteiger partial charge on any atom is 0.0362 e. The van der Waals surface area contributed by atoms with E-state index in [-0.39, 0.29) is 0 Å². The molecule has 0 bridgehead atoms. The molecule has 2 heteroatoms. The Labute approximate surface area is 159 Å². The summed E-state index contributed by atoms with van der Waals surface area (Å²) in [6.07, 6.45) is 0. The molecule has 0 nitrogen and oxygen atoms in total. The largest absolute Gasteiger partial charge is 0.135 e. The van der Waals surface area contributed by atoms with Crippen molar-refractivity contribution in [2.24, 2.45) is 0 Å². The molecule has 0 fully saturated rings. The number of aryl methyl sites for hydroxylation is 2. The second-order valence-electron chi connectivity index (χ2n) is 7.25. The van der Waals surface area contributed by atoms with Gasteiger partial charge in [0.25, 0.3) is 0 Å². The predicted molar refractivity (Wildman–Crippen MR) is 119 cm³/mol. The first-order valence-corrected chi connectivity index (χ1v) is 10.5. The summed E-state index contributed by atoms with van der Waals surface area (Å²) in [4.78, 5) is 0. The minimum atomic E-state index is 1.32. The second-order valence-corrected chi connectivity index (χ2v) is 9.41. The van der Waals surface area contributed by atoms with Gasteiger partial charge in [-0.2, -0.15) is 0 Å². The van der Waals surface area contributed by atoms with Gasteiger partial charge in [-0.15, -0.1) is 22.7 Å². The van der Waals surface area contributed by atoms with E-state index in [0.717, 1.165) is 0 Å². The van der Waals surface area contributed by atoms with Gasteiger partial charge < -0.3 is 0 Å². The third-order valence-corrected chi connectivity index (χ3v) is 7.56. The Kier molecular flexibility index (Phi) is 2.87. The molecule has 0 unspecified atom stereocenters. The van der Waals surface area contributed by atoms with E-state index in [0.29, 0.717) is 0 Å². The van der Waals surface area contributed by atoms with Crippen molar-refractivity contribution in [2.45, 2.75) is 13.8 Å². The molecule has 0 radical (unpaired) electrons. The summed E-state index contributed by atoms with van der Waals surface area (Å²) in [5, 5.41) is 8.22. The molecule has 2 aromatic heterocycles. The SMILES string of the molecule is Cc1ccc2cc3c(cc2c1)sc1cc2c(cc13)sc1cc(C)ccc12. The minimum Gasteiger partial charge on any atom is -0.135 e. The van der Waals surface area contributed by atoms with Gasteiger partial charge in [-0.1, -0.05) is 35.9 Å². The van der Waals surface area contributed by atoms with E-state index >= 15 is 0 Å². The molecule has 0 amide bonds. The predicted octanol–water partition coefficient (Wildman–Crippen LogP) is 8.19. The van der Waals surface area contributed by atoms with Crippen LogP contribution in [-0.2, 0) is 0 Å². The first-order chi connectivity index (χ1) is 12.7. The Balaban J connectivity index is 1.75. The topological polar surface area (TPSA) is 0 Å². The van der Waals surface area contributed by atoms with Gasteiger partial charge in [-0.3, -0.25) is 0 Å². The fraction of sp³-hybridized carbons (Fsp3) is 0.0833. The molecular formula is C24H16S2. The summed E-state index contributed by atoms with van der Waals surface area (Å²) in [7, 11) is 0. The Hall–Kier alpha value is -2.42. The maximum atomic E-state index is 2.41. The summed E-state index contributed by atoms with van der Waals surface area (Å²) in [6.45, 7) is 4.33. The standard InChI is InChI=1S/C24H16S2/c1-13-3-5-15-9-18-20-12-23-19(17-6-4-14(2)8-21(17)25-23)11-24(20)26-22(18)10-16(15)7-13/h3-12H,1-2H3. The lowest BCUT2D eigenvalue weighted by molar-refractivity contribution is 1.51. The normalized spacial score (nSPS) is 12.2. The number of rotatable bonds is 0. The van der Waals surface area contributed by atoms with Crippen LogP contribution in [-0.4, -0.2) is 0 Å². The zero-order chi connectivity index (χ0) is 17.4. The molecule has 0 aliphatic carbocycles. The van der Waals surface area contributed by atoms with Crippen LogP contribution in [0.5, 0.6) is 0 Å². The first-order valence-electron chi connectivity index (χ1n) is 8.85. The van der Waals surface area contributed by atoms with Crippen LogP contribution >= 0.6 is 22.7 Å². The van der Waals surface area contributed by atoms with Gasteiger partial charge in [-0.05, 0) is 60.5 Å². The van der Waals surface area contributed by atoms with Crippen LogP contribution in [0.2, 0.25) is 0 Å². The van der Waals surface area contributed by atoms with Gasteiger partial charge in [0.2, 0.25) is 0 Å². The summed E-state index contributed by atoms with van der Waals surface area (Å²) in [5.41, 5.74) is 2.65. The number of hydrogen-bond acceptors (Lipinski definition) is 2. The van der Waals surface area contributed by atoms with E-state index in [9.17, 15) is 0 Å². The van der Waals surface area contributed by atoms with Gasteiger partial charge in [0, 0.05) is 40.3 Å². The van der Waals surface area contributed by atoms with Gasteiger partial charge >= 0.3 is 0 Å². The summed E-state index contributed by atoms with van der Waals surface area (Å²) in [5.74, 6) is 0. The van der Waals surface area contributed by atoms with Crippen LogP contribution < -0.4 is 0 Å². The molecule has 2 heterocycles. The van der Waals surface area contributed by atoms with E-state index in [4.69, 9.17) is 0 Å². The van der Waals surface area contributed by atoms with Crippen molar-refractivity contribution >= 4 is 73.8 Å². The third kappa shape index (κ3) is 2.00. The fourth-order valence-corrected chi connectivity index (χ4v) is 6.40. The van der Waals surface area contributed by atoms with E-state index in [2.05, 4.69) is 74.5 Å². The summed E-state index contributed by atoms with van der Waals surface area (Å²) < 4.78 is 5.56. The smallest absolute Gasteiger partial charge is 0.0362 e. The molecule has 6 rings (SSSR count). The maximum absolute atomic E-state index is 2.41. The van der Waals surface area contributed by atoms with Crippen LogP contribution in [0.3, 0.4) is 0 Å². The van der Waals surface area contributed by atoms with Crippen LogP contribution in [0, 0.1) is 13.8 Å². The lowest BCUT2D eigenvalue weighted by Gasteiger charge is -2.00. The first kappa shape index (κ1) is 14.7. The van der Waals surface area contributed by atoms with E-state index < -0.39 is 0 Å². The highest BCUT2D eigenvalue weighted by Crippen LogP contribution is 2.42. The van der Waals surface area contributed by atoms with Crippen molar-refractivity contribution in [2.75, 3.05) is 0 Å². The molecule has 0 aliphatic heterocycles.